The molecule has 0 bridgehead atoms. The molecule has 1 heterocycles. The zero-order chi connectivity index (χ0) is 15.9. The quantitative estimate of drug-likeness (QED) is 0.578. The zero-order valence-corrected chi connectivity index (χ0v) is 13.3. The summed E-state index contributed by atoms with van der Waals surface area (Å²) in [4.78, 5) is 24.9. The van der Waals surface area contributed by atoms with Crippen molar-refractivity contribution in [3.63, 3.8) is 0 Å². The second-order valence-corrected chi connectivity index (χ2v) is 5.75. The summed E-state index contributed by atoms with van der Waals surface area (Å²) < 4.78 is 0. The molecule has 0 saturated heterocycles. The predicted octanol–water partition coefficient (Wildman–Crippen LogP) is 4.74. The SMILES string of the molecule is O=C1C=CC(=O)N1c1ccccc1-c1ccc(Cl)c(Cl)c1Cl. The third-order valence-corrected chi connectivity index (χ3v) is 4.57. The molecule has 2 amide bonds. The van der Waals surface area contributed by atoms with Crippen molar-refractivity contribution in [2.45, 2.75) is 0 Å². The lowest BCUT2D eigenvalue weighted by molar-refractivity contribution is -0.119. The summed E-state index contributed by atoms with van der Waals surface area (Å²) in [5.74, 6) is -0.790. The number of nitrogens with zero attached hydrogens (tertiary/aromatic N) is 1. The summed E-state index contributed by atoms with van der Waals surface area (Å²) >= 11 is 18.3. The molecule has 1 aliphatic rings. The Balaban J connectivity index is 2.20. The molecule has 0 spiro atoms. The highest BCUT2D eigenvalue weighted by molar-refractivity contribution is 6.49. The van der Waals surface area contributed by atoms with Crippen LogP contribution in [0.1, 0.15) is 0 Å². The standard InChI is InChI=1S/C16H8Cl3NO2/c17-11-6-5-10(15(18)16(11)19)9-3-1-2-4-12(9)20-13(21)7-8-14(20)22/h1-8H. The van der Waals surface area contributed by atoms with Gasteiger partial charge in [0.2, 0.25) is 0 Å². The minimum absolute atomic E-state index is 0.229. The maximum absolute atomic E-state index is 11.9. The molecule has 0 aliphatic carbocycles. The highest BCUT2D eigenvalue weighted by Gasteiger charge is 2.28. The molecule has 22 heavy (non-hydrogen) atoms. The number of amides is 2. The van der Waals surface area contributed by atoms with Crippen molar-refractivity contribution in [1.82, 2.24) is 0 Å². The van der Waals surface area contributed by atoms with Crippen LogP contribution >= 0.6 is 34.8 Å². The van der Waals surface area contributed by atoms with Gasteiger partial charge >= 0.3 is 0 Å². The molecule has 0 unspecified atom stereocenters. The topological polar surface area (TPSA) is 37.4 Å². The molecule has 2 aromatic carbocycles. The van der Waals surface area contributed by atoms with Gasteiger partial charge in [-0.25, -0.2) is 4.90 Å². The maximum atomic E-state index is 11.9. The van der Waals surface area contributed by atoms with Gasteiger partial charge in [-0.3, -0.25) is 9.59 Å². The summed E-state index contributed by atoms with van der Waals surface area (Å²) in [6.45, 7) is 0. The van der Waals surface area contributed by atoms with Crippen LogP contribution in [-0.4, -0.2) is 11.8 Å². The molecule has 3 rings (SSSR count). The molecule has 110 valence electrons. The van der Waals surface area contributed by atoms with Crippen molar-refractivity contribution in [2.75, 3.05) is 4.90 Å². The average molecular weight is 353 g/mol. The molecular formula is C16H8Cl3NO2. The van der Waals surface area contributed by atoms with Gasteiger partial charge < -0.3 is 0 Å². The van der Waals surface area contributed by atoms with Crippen LogP contribution in [-0.2, 0) is 9.59 Å². The van der Waals surface area contributed by atoms with Gasteiger partial charge in [0.15, 0.2) is 0 Å². The Morgan fingerprint density at radius 2 is 1.36 bits per heavy atom. The van der Waals surface area contributed by atoms with E-state index in [4.69, 9.17) is 34.8 Å². The average Bonchev–Trinajstić information content (AvgIpc) is 2.84. The zero-order valence-electron chi connectivity index (χ0n) is 11.0. The molecule has 0 radical (unpaired) electrons. The highest BCUT2D eigenvalue weighted by atomic mass is 35.5. The van der Waals surface area contributed by atoms with E-state index in [1.807, 2.05) is 0 Å². The number of benzene rings is 2. The Kier molecular flexibility index (Phi) is 3.96. The fourth-order valence-corrected chi connectivity index (χ4v) is 2.91. The number of halogens is 3. The first-order valence-electron chi connectivity index (χ1n) is 6.29. The van der Waals surface area contributed by atoms with Gasteiger partial charge in [-0.15, -0.1) is 0 Å². The summed E-state index contributed by atoms with van der Waals surface area (Å²) in [6, 6.07) is 10.3. The van der Waals surface area contributed by atoms with Crippen LogP contribution in [0.4, 0.5) is 5.69 Å². The number of carbonyl (C=O) groups excluding carboxylic acids is 2. The second kappa shape index (κ2) is 5.76. The number of hydrogen-bond acceptors (Lipinski definition) is 2. The maximum Gasteiger partial charge on any atom is 0.258 e. The summed E-state index contributed by atoms with van der Waals surface area (Å²) in [7, 11) is 0. The van der Waals surface area contributed by atoms with E-state index < -0.39 is 11.8 Å². The smallest absolute Gasteiger partial charge is 0.258 e. The Labute approximate surface area is 141 Å². The molecule has 2 aromatic rings. The Hall–Kier alpha value is -1.81. The first-order chi connectivity index (χ1) is 10.5. The van der Waals surface area contributed by atoms with E-state index in [2.05, 4.69) is 0 Å². The molecule has 0 atom stereocenters. The molecule has 6 heteroatoms. The van der Waals surface area contributed by atoms with Crippen LogP contribution < -0.4 is 4.90 Å². The van der Waals surface area contributed by atoms with Crippen LogP contribution in [0, 0.1) is 0 Å². The van der Waals surface area contributed by atoms with Gasteiger partial charge in [-0.2, -0.15) is 0 Å². The van der Waals surface area contributed by atoms with Gasteiger partial charge in [0.05, 0.1) is 20.8 Å². The molecule has 1 aliphatic heterocycles. The largest absolute Gasteiger partial charge is 0.269 e. The second-order valence-electron chi connectivity index (χ2n) is 4.59. The van der Waals surface area contributed by atoms with Gasteiger partial charge in [-0.1, -0.05) is 59.1 Å². The molecular weight excluding hydrogens is 345 g/mol. The van der Waals surface area contributed by atoms with Gasteiger partial charge in [0.1, 0.15) is 0 Å². The van der Waals surface area contributed by atoms with Gasteiger partial charge in [0.25, 0.3) is 11.8 Å². The van der Waals surface area contributed by atoms with Gasteiger partial charge in [-0.05, 0) is 12.1 Å². The fourth-order valence-electron chi connectivity index (χ4n) is 2.27. The first kappa shape index (κ1) is 15.1. The lowest BCUT2D eigenvalue weighted by Crippen LogP contribution is -2.30. The lowest BCUT2D eigenvalue weighted by Gasteiger charge is -2.19. The lowest BCUT2D eigenvalue weighted by atomic mass is 10.0. The third-order valence-electron chi connectivity index (χ3n) is 3.28. The molecule has 0 fully saturated rings. The molecule has 0 N–H and O–H groups in total. The van der Waals surface area contributed by atoms with Crippen molar-refractivity contribution < 1.29 is 9.59 Å². The van der Waals surface area contributed by atoms with E-state index in [0.717, 1.165) is 4.90 Å². The predicted molar refractivity (Wildman–Crippen MR) is 88.5 cm³/mol. The van der Waals surface area contributed by atoms with E-state index in [9.17, 15) is 9.59 Å². The minimum atomic E-state index is -0.395. The molecule has 3 nitrogen and oxygen atoms in total. The Morgan fingerprint density at radius 3 is 2.05 bits per heavy atom. The van der Waals surface area contributed by atoms with Crippen molar-refractivity contribution in [3.8, 4) is 11.1 Å². The summed E-state index contributed by atoms with van der Waals surface area (Å²) in [6.07, 6.45) is 2.46. The van der Waals surface area contributed by atoms with Crippen LogP contribution in [0.15, 0.2) is 48.6 Å². The Bertz CT molecular complexity index is 812. The van der Waals surface area contributed by atoms with Crippen molar-refractivity contribution in [3.05, 3.63) is 63.6 Å². The monoisotopic (exact) mass is 351 g/mol. The number of imide groups is 1. The summed E-state index contributed by atoms with van der Waals surface area (Å²) in [5, 5.41) is 0.837. The molecule has 0 aromatic heterocycles. The normalized spacial score (nSPS) is 14.0. The molecule has 0 saturated carbocycles. The minimum Gasteiger partial charge on any atom is -0.269 e. The van der Waals surface area contributed by atoms with E-state index in [0.29, 0.717) is 21.8 Å². The summed E-state index contributed by atoms with van der Waals surface area (Å²) in [5.41, 5.74) is 1.67. The van der Waals surface area contributed by atoms with E-state index >= 15 is 0 Å². The number of carbonyl (C=O) groups is 2. The highest BCUT2D eigenvalue weighted by Crippen LogP contribution is 2.41. The fraction of sp³-hybridized carbons (Fsp3) is 0. The van der Waals surface area contributed by atoms with E-state index in [1.54, 1.807) is 36.4 Å². The van der Waals surface area contributed by atoms with Crippen molar-refractivity contribution in [2.24, 2.45) is 0 Å². The van der Waals surface area contributed by atoms with E-state index in [1.165, 1.54) is 12.2 Å². The van der Waals surface area contributed by atoms with E-state index in [-0.39, 0.29) is 10.0 Å². The number of rotatable bonds is 2. The van der Waals surface area contributed by atoms with Crippen LogP contribution in [0.2, 0.25) is 15.1 Å². The van der Waals surface area contributed by atoms with Crippen LogP contribution in [0.3, 0.4) is 0 Å². The van der Waals surface area contributed by atoms with Crippen molar-refractivity contribution >= 4 is 52.3 Å². The van der Waals surface area contributed by atoms with Crippen LogP contribution in [0.25, 0.3) is 11.1 Å². The van der Waals surface area contributed by atoms with Crippen LogP contribution in [0.5, 0.6) is 0 Å². The Morgan fingerprint density at radius 1 is 0.727 bits per heavy atom. The third kappa shape index (κ3) is 2.41. The first-order valence-corrected chi connectivity index (χ1v) is 7.43. The van der Waals surface area contributed by atoms with Crippen molar-refractivity contribution in [1.29, 1.82) is 0 Å². The number of hydrogen-bond donors (Lipinski definition) is 0. The van der Waals surface area contributed by atoms with Gasteiger partial charge in [0, 0.05) is 23.3 Å². The number of anilines is 1. The number of para-hydroxylation sites is 1.